The van der Waals surface area contributed by atoms with Gasteiger partial charge in [-0.05, 0) is 18.6 Å². The highest BCUT2D eigenvalue weighted by molar-refractivity contribution is 6.31. The third-order valence-electron chi connectivity index (χ3n) is 1.19. The van der Waals surface area contributed by atoms with Gasteiger partial charge in [-0.3, -0.25) is 0 Å². The first kappa shape index (κ1) is 7.11. The Morgan fingerprint density at radius 3 is 2.90 bits per heavy atom. The normalized spacial score (nSPS) is 8.90. The molecule has 0 atom stereocenters. The van der Waals surface area contributed by atoms with Crippen molar-refractivity contribution in [3.63, 3.8) is 0 Å². The van der Waals surface area contributed by atoms with E-state index in [-0.39, 0.29) is 0 Å². The van der Waals surface area contributed by atoms with Crippen LogP contribution in [0, 0.1) is 19.3 Å². The molecule has 50 valence electrons. The number of pyridine rings is 1. The summed E-state index contributed by atoms with van der Waals surface area (Å²) >= 11 is 5.76. The van der Waals surface area contributed by atoms with Gasteiger partial charge in [-0.25, -0.2) is 4.98 Å². The molecule has 0 bridgehead atoms. The summed E-state index contributed by atoms with van der Waals surface area (Å²) < 4.78 is 0. The summed E-state index contributed by atoms with van der Waals surface area (Å²) in [6.07, 6.45) is 6.76. The van der Waals surface area contributed by atoms with E-state index < -0.39 is 0 Å². The summed E-state index contributed by atoms with van der Waals surface area (Å²) in [4.78, 5) is 3.94. The van der Waals surface area contributed by atoms with Gasteiger partial charge in [0.2, 0.25) is 0 Å². The molecule has 0 unspecified atom stereocenters. The molecule has 0 N–H and O–H groups in total. The summed E-state index contributed by atoms with van der Waals surface area (Å²) in [6.45, 7) is 1.88. The molecule has 1 heterocycles. The first-order valence-corrected chi connectivity index (χ1v) is 3.20. The molecule has 0 aliphatic carbocycles. The summed E-state index contributed by atoms with van der Waals surface area (Å²) in [5.41, 5.74) is 1.52. The number of rotatable bonds is 0. The fourth-order valence-corrected chi connectivity index (χ4v) is 0.730. The van der Waals surface area contributed by atoms with Gasteiger partial charge in [-0.2, -0.15) is 0 Å². The Morgan fingerprint density at radius 1 is 1.70 bits per heavy atom. The SMILES string of the molecule is C#Cc1cc(Cl)c(C)cn1. The molecule has 0 fully saturated rings. The van der Waals surface area contributed by atoms with Crippen molar-refractivity contribution >= 4 is 11.6 Å². The number of nitrogens with zero attached hydrogens (tertiary/aromatic N) is 1. The van der Waals surface area contributed by atoms with Crippen LogP contribution in [0.1, 0.15) is 11.3 Å². The van der Waals surface area contributed by atoms with Gasteiger partial charge in [0, 0.05) is 11.2 Å². The van der Waals surface area contributed by atoms with Gasteiger partial charge in [0.1, 0.15) is 5.69 Å². The second kappa shape index (κ2) is 2.72. The van der Waals surface area contributed by atoms with Gasteiger partial charge in [-0.15, -0.1) is 6.42 Å². The van der Waals surface area contributed by atoms with Crippen LogP contribution in [0.2, 0.25) is 5.02 Å². The van der Waals surface area contributed by atoms with E-state index >= 15 is 0 Å². The fourth-order valence-electron chi connectivity index (χ4n) is 0.578. The fraction of sp³-hybridized carbons (Fsp3) is 0.125. The standard InChI is InChI=1S/C8H6ClN/c1-3-7-4-8(9)6(2)5-10-7/h1,4-5H,2H3. The number of aryl methyl sites for hydroxylation is 1. The lowest BCUT2D eigenvalue weighted by molar-refractivity contribution is 1.24. The van der Waals surface area contributed by atoms with E-state index in [1.165, 1.54) is 0 Å². The molecule has 2 heteroatoms. The molecule has 0 amide bonds. The van der Waals surface area contributed by atoms with Gasteiger partial charge in [-0.1, -0.05) is 17.5 Å². The zero-order valence-electron chi connectivity index (χ0n) is 5.56. The Kier molecular flexibility index (Phi) is 1.94. The monoisotopic (exact) mass is 151 g/mol. The van der Waals surface area contributed by atoms with Crippen LogP contribution >= 0.6 is 11.6 Å². The molecule has 0 aromatic carbocycles. The number of aromatic nitrogens is 1. The Balaban J connectivity index is 3.20. The minimum absolute atomic E-state index is 0.579. The predicted octanol–water partition coefficient (Wildman–Crippen LogP) is 2.02. The molecule has 0 saturated carbocycles. The summed E-state index contributed by atoms with van der Waals surface area (Å²) in [5.74, 6) is 2.40. The van der Waals surface area contributed by atoms with Crippen molar-refractivity contribution in [3.8, 4) is 12.3 Å². The van der Waals surface area contributed by atoms with Gasteiger partial charge >= 0.3 is 0 Å². The topological polar surface area (TPSA) is 12.9 Å². The zero-order valence-corrected chi connectivity index (χ0v) is 6.31. The van der Waals surface area contributed by atoms with Crippen molar-refractivity contribution in [2.45, 2.75) is 6.92 Å². The molecule has 0 aliphatic heterocycles. The third-order valence-corrected chi connectivity index (χ3v) is 1.59. The summed E-state index contributed by atoms with van der Waals surface area (Å²) in [7, 11) is 0. The number of halogens is 1. The average Bonchev–Trinajstić information content (AvgIpc) is 1.95. The smallest absolute Gasteiger partial charge is 0.114 e. The Morgan fingerprint density at radius 2 is 2.40 bits per heavy atom. The average molecular weight is 152 g/mol. The Labute approximate surface area is 65.0 Å². The third kappa shape index (κ3) is 1.29. The van der Waals surface area contributed by atoms with Crippen LogP contribution in [-0.2, 0) is 0 Å². The highest BCUT2D eigenvalue weighted by atomic mass is 35.5. The van der Waals surface area contributed by atoms with Gasteiger partial charge < -0.3 is 0 Å². The van der Waals surface area contributed by atoms with Crippen LogP contribution in [0.3, 0.4) is 0 Å². The lowest BCUT2D eigenvalue weighted by atomic mass is 10.3. The summed E-state index contributed by atoms with van der Waals surface area (Å²) in [6, 6.07) is 1.68. The molecule has 1 nitrogen and oxygen atoms in total. The highest BCUT2D eigenvalue weighted by Crippen LogP contribution is 2.13. The number of terminal acetylenes is 1. The van der Waals surface area contributed by atoms with E-state index in [0.29, 0.717) is 10.7 Å². The zero-order chi connectivity index (χ0) is 7.56. The lowest BCUT2D eigenvalue weighted by Crippen LogP contribution is -1.83. The molecular weight excluding hydrogens is 146 g/mol. The molecule has 1 aromatic rings. The van der Waals surface area contributed by atoms with Crippen molar-refractivity contribution in [1.29, 1.82) is 0 Å². The van der Waals surface area contributed by atoms with E-state index in [1.54, 1.807) is 12.3 Å². The molecule has 0 spiro atoms. The predicted molar refractivity (Wildman–Crippen MR) is 41.9 cm³/mol. The minimum Gasteiger partial charge on any atom is -0.247 e. The van der Waals surface area contributed by atoms with E-state index in [0.717, 1.165) is 5.56 Å². The molecule has 0 aliphatic rings. The van der Waals surface area contributed by atoms with Crippen molar-refractivity contribution in [2.24, 2.45) is 0 Å². The Bertz CT molecular complexity index is 286. The molecular formula is C8H6ClN. The van der Waals surface area contributed by atoms with Crippen LogP contribution in [0.15, 0.2) is 12.3 Å². The maximum Gasteiger partial charge on any atom is 0.114 e. The van der Waals surface area contributed by atoms with Crippen LogP contribution in [0.4, 0.5) is 0 Å². The van der Waals surface area contributed by atoms with Crippen molar-refractivity contribution in [3.05, 3.63) is 28.5 Å². The van der Waals surface area contributed by atoms with Crippen molar-refractivity contribution in [1.82, 2.24) is 4.98 Å². The first-order chi connectivity index (χ1) is 4.74. The van der Waals surface area contributed by atoms with E-state index in [9.17, 15) is 0 Å². The van der Waals surface area contributed by atoms with Crippen molar-refractivity contribution < 1.29 is 0 Å². The van der Waals surface area contributed by atoms with Gasteiger partial charge in [0.15, 0.2) is 0 Å². The molecule has 1 aromatic heterocycles. The van der Waals surface area contributed by atoms with E-state index in [2.05, 4.69) is 10.9 Å². The van der Waals surface area contributed by atoms with Crippen LogP contribution in [0.25, 0.3) is 0 Å². The Hall–Kier alpha value is -1.00. The second-order valence-corrected chi connectivity index (χ2v) is 2.37. The number of hydrogen-bond acceptors (Lipinski definition) is 1. The quantitative estimate of drug-likeness (QED) is 0.517. The number of hydrogen-bond donors (Lipinski definition) is 0. The van der Waals surface area contributed by atoms with Crippen LogP contribution in [-0.4, -0.2) is 4.98 Å². The molecule has 0 radical (unpaired) electrons. The van der Waals surface area contributed by atoms with Gasteiger partial charge in [0.25, 0.3) is 0 Å². The maximum absolute atomic E-state index is 5.76. The highest BCUT2D eigenvalue weighted by Gasteiger charge is 1.94. The lowest BCUT2D eigenvalue weighted by Gasteiger charge is -1.94. The largest absolute Gasteiger partial charge is 0.247 e. The second-order valence-electron chi connectivity index (χ2n) is 1.96. The van der Waals surface area contributed by atoms with Crippen molar-refractivity contribution in [2.75, 3.05) is 0 Å². The molecule has 1 rings (SSSR count). The van der Waals surface area contributed by atoms with Crippen LogP contribution < -0.4 is 0 Å². The van der Waals surface area contributed by atoms with Crippen LogP contribution in [0.5, 0.6) is 0 Å². The molecule has 0 saturated heterocycles. The minimum atomic E-state index is 0.579. The first-order valence-electron chi connectivity index (χ1n) is 2.83. The van der Waals surface area contributed by atoms with Gasteiger partial charge in [0.05, 0.1) is 0 Å². The maximum atomic E-state index is 5.76. The molecule has 10 heavy (non-hydrogen) atoms. The van der Waals surface area contributed by atoms with E-state index in [4.69, 9.17) is 18.0 Å². The van der Waals surface area contributed by atoms with E-state index in [1.807, 2.05) is 6.92 Å². The summed E-state index contributed by atoms with van der Waals surface area (Å²) in [5, 5.41) is 0.669.